The zero-order valence-corrected chi connectivity index (χ0v) is 15.0. The van der Waals surface area contributed by atoms with Gasteiger partial charge in [0.1, 0.15) is 0 Å². The molecule has 2 unspecified atom stereocenters. The van der Waals surface area contributed by atoms with E-state index < -0.39 is 0 Å². The Morgan fingerprint density at radius 3 is 3.12 bits per heavy atom. The van der Waals surface area contributed by atoms with Gasteiger partial charge in [0.05, 0.1) is 11.0 Å². The number of nitrogens with one attached hydrogen (secondary N) is 2. The van der Waals surface area contributed by atoms with Gasteiger partial charge in [-0.2, -0.15) is 0 Å². The number of rotatable bonds is 4. The van der Waals surface area contributed by atoms with Crippen LogP contribution in [0.25, 0.3) is 0 Å². The normalized spacial score (nSPS) is 22.9. The van der Waals surface area contributed by atoms with E-state index >= 15 is 0 Å². The number of carbonyl (C=O) groups excluding carboxylic acids is 1. The Morgan fingerprint density at radius 2 is 2.32 bits per heavy atom. The Balaban J connectivity index is 1.69. The van der Waals surface area contributed by atoms with Crippen LogP contribution in [-0.4, -0.2) is 23.5 Å². The van der Waals surface area contributed by atoms with Gasteiger partial charge >= 0.3 is 0 Å². The fourth-order valence-electron chi connectivity index (χ4n) is 4.02. The smallest absolute Gasteiger partial charge is 0.243 e. The summed E-state index contributed by atoms with van der Waals surface area (Å²) in [5.74, 6) is -0.0939. The lowest BCUT2D eigenvalue weighted by Crippen LogP contribution is -2.39. The van der Waals surface area contributed by atoms with Crippen molar-refractivity contribution in [3.8, 4) is 0 Å². The molecule has 2 atom stereocenters. The van der Waals surface area contributed by atoms with Crippen LogP contribution < -0.4 is 10.2 Å². The molecule has 0 spiro atoms. The lowest BCUT2D eigenvalue weighted by atomic mass is 9.85. The van der Waals surface area contributed by atoms with Gasteiger partial charge in [0.2, 0.25) is 5.91 Å². The van der Waals surface area contributed by atoms with Crippen LogP contribution in [0.1, 0.15) is 36.6 Å². The van der Waals surface area contributed by atoms with E-state index in [0.717, 1.165) is 32.2 Å². The molecule has 4 rings (SSSR count). The van der Waals surface area contributed by atoms with Crippen molar-refractivity contribution in [3.63, 3.8) is 0 Å². The molecular formula is C20H23N3OS. The van der Waals surface area contributed by atoms with Gasteiger partial charge in [-0.25, -0.2) is 0 Å². The second-order valence-corrected chi connectivity index (χ2v) is 7.59. The zero-order valence-electron chi connectivity index (χ0n) is 14.2. The Hall–Kier alpha value is -2.27. The van der Waals surface area contributed by atoms with Crippen molar-refractivity contribution in [2.75, 3.05) is 11.4 Å². The molecule has 2 aliphatic rings. The van der Waals surface area contributed by atoms with Crippen LogP contribution in [0.3, 0.4) is 0 Å². The highest BCUT2D eigenvalue weighted by Gasteiger charge is 2.33. The van der Waals surface area contributed by atoms with Crippen molar-refractivity contribution in [2.45, 2.75) is 37.8 Å². The first-order valence-electron chi connectivity index (χ1n) is 8.86. The highest BCUT2D eigenvalue weighted by atomic mass is 32.1. The maximum Gasteiger partial charge on any atom is 0.243 e. The van der Waals surface area contributed by atoms with E-state index in [4.69, 9.17) is 0 Å². The van der Waals surface area contributed by atoms with E-state index in [0.29, 0.717) is 0 Å². The second kappa shape index (κ2) is 6.92. The fourth-order valence-corrected chi connectivity index (χ4v) is 4.81. The molecule has 0 fully saturated rings. The van der Waals surface area contributed by atoms with Crippen LogP contribution in [0.15, 0.2) is 54.1 Å². The van der Waals surface area contributed by atoms with Crippen molar-refractivity contribution >= 4 is 22.2 Å². The fraction of sp³-hybridized carbons (Fsp3) is 0.350. The lowest BCUT2D eigenvalue weighted by Gasteiger charge is -2.40. The first kappa shape index (κ1) is 16.2. The van der Waals surface area contributed by atoms with E-state index in [1.165, 1.54) is 27.9 Å². The molecule has 5 heteroatoms. The number of anilines is 1. The Kier molecular flexibility index (Phi) is 4.49. The number of H-pyrrole nitrogens is 1. The zero-order chi connectivity index (χ0) is 17.2. The Bertz CT molecular complexity index is 790. The van der Waals surface area contributed by atoms with E-state index in [1.807, 2.05) is 0 Å². The summed E-state index contributed by atoms with van der Waals surface area (Å²) in [4.78, 5) is 17.6. The molecule has 25 heavy (non-hydrogen) atoms. The average molecular weight is 353 g/mol. The van der Waals surface area contributed by atoms with Crippen LogP contribution in [0.2, 0.25) is 0 Å². The summed E-state index contributed by atoms with van der Waals surface area (Å²) in [6.07, 6.45) is 9.90. The summed E-state index contributed by atoms with van der Waals surface area (Å²) in [5, 5.41) is 6.50. The largest absolute Gasteiger partial charge is 0.365 e. The highest BCUT2D eigenvalue weighted by Crippen LogP contribution is 2.42. The van der Waals surface area contributed by atoms with E-state index in [9.17, 15) is 4.79 Å². The number of hydrogen-bond acceptors (Lipinski definition) is 3. The molecule has 1 aliphatic carbocycles. The van der Waals surface area contributed by atoms with Gasteiger partial charge in [-0.1, -0.05) is 12.7 Å². The third kappa shape index (κ3) is 3.16. The quantitative estimate of drug-likeness (QED) is 0.646. The van der Waals surface area contributed by atoms with E-state index in [2.05, 4.69) is 57.6 Å². The summed E-state index contributed by atoms with van der Waals surface area (Å²) in [5.41, 5.74) is 4.13. The second-order valence-electron chi connectivity index (χ2n) is 6.66. The number of amides is 1. The molecule has 0 saturated carbocycles. The van der Waals surface area contributed by atoms with Gasteiger partial charge in [-0.3, -0.25) is 4.79 Å². The maximum atomic E-state index is 11.7. The van der Waals surface area contributed by atoms with Gasteiger partial charge < -0.3 is 15.2 Å². The summed E-state index contributed by atoms with van der Waals surface area (Å²) in [6, 6.07) is 6.90. The van der Waals surface area contributed by atoms with Crippen molar-refractivity contribution in [3.05, 3.63) is 65.3 Å². The third-order valence-corrected chi connectivity index (χ3v) is 6.03. The highest BCUT2D eigenvalue weighted by molar-refractivity contribution is 7.14. The number of carbonyl (C=O) groups is 1. The topological polar surface area (TPSA) is 48.1 Å². The first-order valence-corrected chi connectivity index (χ1v) is 9.74. The monoisotopic (exact) mass is 353 g/mol. The molecule has 0 radical (unpaired) electrons. The Labute approximate surface area is 152 Å². The van der Waals surface area contributed by atoms with Crippen LogP contribution >= 0.6 is 11.3 Å². The van der Waals surface area contributed by atoms with E-state index in [1.54, 1.807) is 11.3 Å². The standard InChI is InChI=1S/C20H23N3OS/c1-2-18(24)22-15-6-3-5-14(13-15)20-16-8-10-21-17(16)9-11-23(20)19-7-4-12-25-19/h2,4,7-8,10,12-13,15,20-21H,1,3,5-6,9,11H2,(H,22,24). The summed E-state index contributed by atoms with van der Waals surface area (Å²) < 4.78 is 0. The molecule has 3 heterocycles. The summed E-state index contributed by atoms with van der Waals surface area (Å²) >= 11 is 1.80. The number of fused-ring (bicyclic) bond motifs is 1. The molecule has 0 bridgehead atoms. The van der Waals surface area contributed by atoms with Gasteiger partial charge in [0.25, 0.3) is 0 Å². The average Bonchev–Trinajstić information content (AvgIpc) is 3.32. The van der Waals surface area contributed by atoms with Crippen LogP contribution in [0.5, 0.6) is 0 Å². The maximum absolute atomic E-state index is 11.7. The lowest BCUT2D eigenvalue weighted by molar-refractivity contribution is -0.116. The van der Waals surface area contributed by atoms with E-state index in [-0.39, 0.29) is 18.0 Å². The molecule has 130 valence electrons. The van der Waals surface area contributed by atoms with Crippen molar-refractivity contribution < 1.29 is 4.79 Å². The molecule has 2 N–H and O–H groups in total. The molecule has 0 aromatic carbocycles. The van der Waals surface area contributed by atoms with Crippen molar-refractivity contribution in [1.29, 1.82) is 0 Å². The third-order valence-electron chi connectivity index (χ3n) is 5.13. The molecule has 1 aliphatic heterocycles. The molecule has 2 aromatic rings. The van der Waals surface area contributed by atoms with Crippen LogP contribution in [0, 0.1) is 0 Å². The number of aromatic nitrogens is 1. The molecule has 2 aromatic heterocycles. The predicted molar refractivity (Wildman–Crippen MR) is 103 cm³/mol. The molecular weight excluding hydrogens is 330 g/mol. The molecule has 1 amide bonds. The minimum Gasteiger partial charge on any atom is -0.365 e. The minimum absolute atomic E-state index is 0.0939. The number of aromatic amines is 1. The van der Waals surface area contributed by atoms with Gasteiger partial charge in [-0.15, -0.1) is 11.3 Å². The van der Waals surface area contributed by atoms with Gasteiger partial charge in [-0.05, 0) is 60.1 Å². The van der Waals surface area contributed by atoms with Crippen molar-refractivity contribution in [2.24, 2.45) is 0 Å². The first-order chi connectivity index (χ1) is 12.3. The van der Waals surface area contributed by atoms with Crippen LogP contribution in [0.4, 0.5) is 5.00 Å². The summed E-state index contributed by atoms with van der Waals surface area (Å²) in [6.45, 7) is 4.57. The van der Waals surface area contributed by atoms with Crippen LogP contribution in [-0.2, 0) is 11.2 Å². The number of hydrogen-bond donors (Lipinski definition) is 2. The SMILES string of the molecule is C=CC(=O)NC1C=C(C2c3cc[nH]c3CCN2c2cccs2)CCC1. The molecule has 4 nitrogen and oxygen atoms in total. The minimum atomic E-state index is -0.0939. The number of nitrogens with zero attached hydrogens (tertiary/aromatic N) is 1. The van der Waals surface area contributed by atoms with Gasteiger partial charge in [0, 0.05) is 30.9 Å². The van der Waals surface area contributed by atoms with Gasteiger partial charge in [0.15, 0.2) is 0 Å². The van der Waals surface area contributed by atoms with Crippen molar-refractivity contribution in [1.82, 2.24) is 10.3 Å². The summed E-state index contributed by atoms with van der Waals surface area (Å²) in [7, 11) is 0. The predicted octanol–water partition coefficient (Wildman–Crippen LogP) is 3.96. The Morgan fingerprint density at radius 1 is 1.40 bits per heavy atom. The molecule has 0 saturated heterocycles. The number of thiophene rings is 1.